The molecular formula is C11H11BrN2S. The molecule has 2 nitrogen and oxygen atoms in total. The van der Waals surface area contributed by atoms with Gasteiger partial charge in [-0.25, -0.2) is 4.98 Å². The summed E-state index contributed by atoms with van der Waals surface area (Å²) in [7, 11) is 0. The highest BCUT2D eigenvalue weighted by Crippen LogP contribution is 2.27. The van der Waals surface area contributed by atoms with Gasteiger partial charge in [-0.15, -0.1) is 0 Å². The van der Waals surface area contributed by atoms with E-state index in [-0.39, 0.29) is 0 Å². The summed E-state index contributed by atoms with van der Waals surface area (Å²) in [6, 6.07) is 10.4. The van der Waals surface area contributed by atoms with Crippen LogP contribution in [0.4, 0.5) is 5.13 Å². The monoisotopic (exact) mass is 282 g/mol. The van der Waals surface area contributed by atoms with Gasteiger partial charge in [-0.05, 0) is 34.3 Å². The average molecular weight is 283 g/mol. The number of nitrogens with two attached hydrogens (primary N) is 1. The Morgan fingerprint density at radius 2 is 1.93 bits per heavy atom. The first kappa shape index (κ1) is 10.6. The second-order valence-corrected chi connectivity index (χ2v) is 5.61. The van der Waals surface area contributed by atoms with Crippen LogP contribution in [0, 0.1) is 0 Å². The molecule has 0 saturated heterocycles. The number of nitrogen functional groups attached to an aromatic ring is 1. The van der Waals surface area contributed by atoms with Gasteiger partial charge in [0, 0.05) is 0 Å². The molecule has 0 fully saturated rings. The van der Waals surface area contributed by atoms with Crippen molar-refractivity contribution >= 4 is 32.4 Å². The van der Waals surface area contributed by atoms with E-state index in [2.05, 4.69) is 45.2 Å². The minimum Gasteiger partial charge on any atom is -0.375 e. The number of halogens is 1. The largest absolute Gasteiger partial charge is 0.375 e. The predicted molar refractivity (Wildman–Crippen MR) is 68.1 cm³/mol. The van der Waals surface area contributed by atoms with Crippen molar-refractivity contribution in [2.45, 2.75) is 12.8 Å². The van der Waals surface area contributed by atoms with E-state index >= 15 is 0 Å². The molecule has 0 aliphatic rings. The molecule has 0 radical (unpaired) electrons. The predicted octanol–water partition coefficient (Wildman–Crippen LogP) is 3.27. The number of hydrogen-bond acceptors (Lipinski definition) is 3. The van der Waals surface area contributed by atoms with Crippen LogP contribution >= 0.6 is 27.3 Å². The van der Waals surface area contributed by atoms with Crippen molar-refractivity contribution in [2.24, 2.45) is 0 Å². The molecule has 0 aliphatic carbocycles. The van der Waals surface area contributed by atoms with E-state index < -0.39 is 0 Å². The molecule has 4 heteroatoms. The van der Waals surface area contributed by atoms with Crippen molar-refractivity contribution in [3.05, 3.63) is 45.4 Å². The molecule has 1 aromatic heterocycles. The maximum Gasteiger partial charge on any atom is 0.181 e. The minimum atomic E-state index is 0.630. The molecule has 0 spiro atoms. The number of nitrogens with zero attached hydrogens (tertiary/aromatic N) is 1. The number of hydrogen-bond donors (Lipinski definition) is 1. The molecule has 1 aromatic carbocycles. The fourth-order valence-electron chi connectivity index (χ4n) is 1.41. The van der Waals surface area contributed by atoms with Gasteiger partial charge in [0.2, 0.25) is 0 Å². The summed E-state index contributed by atoms with van der Waals surface area (Å²) < 4.78 is 1.05. The Balaban J connectivity index is 2.02. The molecule has 78 valence electrons. The number of benzene rings is 1. The normalized spacial score (nSPS) is 10.5. The van der Waals surface area contributed by atoms with E-state index in [1.807, 2.05) is 6.07 Å². The molecular weight excluding hydrogens is 272 g/mol. The number of aromatic nitrogens is 1. The number of aryl methyl sites for hydroxylation is 2. The van der Waals surface area contributed by atoms with Gasteiger partial charge in [0.1, 0.15) is 0 Å². The summed E-state index contributed by atoms with van der Waals surface area (Å²) in [5.74, 6) is 0. The third-order valence-electron chi connectivity index (χ3n) is 2.16. The van der Waals surface area contributed by atoms with Crippen molar-refractivity contribution in [1.29, 1.82) is 0 Å². The van der Waals surface area contributed by atoms with E-state index in [1.165, 1.54) is 16.9 Å². The van der Waals surface area contributed by atoms with E-state index in [0.29, 0.717) is 5.13 Å². The first-order valence-corrected chi connectivity index (χ1v) is 6.31. The molecule has 0 unspecified atom stereocenters. The molecule has 0 bridgehead atoms. The highest BCUT2D eigenvalue weighted by Gasteiger charge is 2.06. The average Bonchev–Trinajstić information content (AvgIpc) is 2.56. The quantitative estimate of drug-likeness (QED) is 0.939. The van der Waals surface area contributed by atoms with Crippen molar-refractivity contribution < 1.29 is 0 Å². The SMILES string of the molecule is Nc1nc(CCc2ccccc2)c(Br)s1. The summed E-state index contributed by atoms with van der Waals surface area (Å²) in [4.78, 5) is 4.27. The molecule has 1 heterocycles. The second kappa shape index (κ2) is 4.77. The third-order valence-corrected chi connectivity index (χ3v) is 3.82. The Labute approximate surface area is 101 Å². The van der Waals surface area contributed by atoms with Crippen molar-refractivity contribution in [1.82, 2.24) is 4.98 Å². The zero-order chi connectivity index (χ0) is 10.7. The van der Waals surface area contributed by atoms with Gasteiger partial charge < -0.3 is 5.73 Å². The molecule has 2 aromatic rings. The first-order chi connectivity index (χ1) is 7.25. The van der Waals surface area contributed by atoms with Gasteiger partial charge in [0.15, 0.2) is 5.13 Å². The van der Waals surface area contributed by atoms with E-state index in [4.69, 9.17) is 5.73 Å². The molecule has 0 aliphatic heterocycles. The summed E-state index contributed by atoms with van der Waals surface area (Å²) in [5.41, 5.74) is 8.01. The molecule has 0 atom stereocenters. The smallest absolute Gasteiger partial charge is 0.181 e. The highest BCUT2D eigenvalue weighted by atomic mass is 79.9. The van der Waals surface area contributed by atoms with Crippen LogP contribution in [0.15, 0.2) is 34.1 Å². The Kier molecular flexibility index (Phi) is 3.38. The zero-order valence-electron chi connectivity index (χ0n) is 8.11. The lowest BCUT2D eigenvalue weighted by Gasteiger charge is -1.98. The van der Waals surface area contributed by atoms with E-state index in [9.17, 15) is 0 Å². The van der Waals surface area contributed by atoms with Crippen molar-refractivity contribution in [3.63, 3.8) is 0 Å². The van der Waals surface area contributed by atoms with Gasteiger partial charge in [0.25, 0.3) is 0 Å². The molecule has 2 N–H and O–H groups in total. The fraction of sp³-hybridized carbons (Fsp3) is 0.182. The van der Waals surface area contributed by atoms with Crippen LogP contribution in [0.5, 0.6) is 0 Å². The number of thiazole rings is 1. The first-order valence-electron chi connectivity index (χ1n) is 4.70. The Hall–Kier alpha value is -0.870. The van der Waals surface area contributed by atoms with Gasteiger partial charge in [-0.2, -0.15) is 0 Å². The summed E-state index contributed by atoms with van der Waals surface area (Å²) in [6.45, 7) is 0. The number of anilines is 1. The Morgan fingerprint density at radius 1 is 1.20 bits per heavy atom. The van der Waals surface area contributed by atoms with Crippen LogP contribution in [-0.2, 0) is 12.8 Å². The summed E-state index contributed by atoms with van der Waals surface area (Å²) in [6.07, 6.45) is 1.93. The zero-order valence-corrected chi connectivity index (χ0v) is 10.5. The third kappa shape index (κ3) is 2.79. The Bertz CT molecular complexity index is 439. The van der Waals surface area contributed by atoms with Crippen molar-refractivity contribution in [2.75, 3.05) is 5.73 Å². The van der Waals surface area contributed by atoms with Gasteiger partial charge in [-0.1, -0.05) is 41.7 Å². The molecule has 0 saturated carbocycles. The van der Waals surface area contributed by atoms with Gasteiger partial charge >= 0.3 is 0 Å². The molecule has 2 rings (SSSR count). The fourth-order valence-corrected chi connectivity index (χ4v) is 2.80. The molecule has 0 amide bonds. The Morgan fingerprint density at radius 3 is 2.53 bits per heavy atom. The van der Waals surface area contributed by atoms with E-state index in [0.717, 1.165) is 22.3 Å². The lowest BCUT2D eigenvalue weighted by Crippen LogP contribution is -1.92. The maximum absolute atomic E-state index is 5.63. The standard InChI is InChI=1S/C11H11BrN2S/c12-10-9(14-11(13)15-10)7-6-8-4-2-1-3-5-8/h1-5H,6-7H2,(H2,13,14). The maximum atomic E-state index is 5.63. The topological polar surface area (TPSA) is 38.9 Å². The lowest BCUT2D eigenvalue weighted by molar-refractivity contribution is 0.922. The van der Waals surface area contributed by atoms with Gasteiger partial charge in [0.05, 0.1) is 9.48 Å². The second-order valence-electron chi connectivity index (χ2n) is 3.26. The minimum absolute atomic E-state index is 0.630. The van der Waals surface area contributed by atoms with Crippen LogP contribution in [0.25, 0.3) is 0 Å². The van der Waals surface area contributed by atoms with E-state index in [1.54, 1.807) is 0 Å². The number of rotatable bonds is 3. The highest BCUT2D eigenvalue weighted by molar-refractivity contribution is 9.11. The summed E-state index contributed by atoms with van der Waals surface area (Å²) >= 11 is 4.95. The van der Waals surface area contributed by atoms with Crippen LogP contribution in [0.2, 0.25) is 0 Å². The van der Waals surface area contributed by atoms with Crippen LogP contribution in [0.1, 0.15) is 11.3 Å². The molecule has 15 heavy (non-hydrogen) atoms. The van der Waals surface area contributed by atoms with Crippen LogP contribution < -0.4 is 5.73 Å². The van der Waals surface area contributed by atoms with Crippen LogP contribution in [-0.4, -0.2) is 4.98 Å². The lowest BCUT2D eigenvalue weighted by atomic mass is 10.1. The summed E-state index contributed by atoms with van der Waals surface area (Å²) in [5, 5.41) is 0.630. The van der Waals surface area contributed by atoms with Gasteiger partial charge in [-0.3, -0.25) is 0 Å². The van der Waals surface area contributed by atoms with Crippen LogP contribution in [0.3, 0.4) is 0 Å². The van der Waals surface area contributed by atoms with Crippen molar-refractivity contribution in [3.8, 4) is 0 Å².